The maximum Gasteiger partial charge on any atom is 0.124 e. The summed E-state index contributed by atoms with van der Waals surface area (Å²) in [5.74, 6) is 0.873. The molecule has 0 bridgehead atoms. The molecule has 0 aliphatic rings. The number of hydrogen-bond acceptors (Lipinski definition) is 2. The van der Waals surface area contributed by atoms with Crippen molar-refractivity contribution < 1.29 is 4.74 Å². The second-order valence-corrected chi connectivity index (χ2v) is 6.23. The number of benzene rings is 1. The molecule has 0 aromatic heterocycles. The Kier molecular flexibility index (Phi) is 9.53. The Hall–Kier alpha value is -0.730. The van der Waals surface area contributed by atoms with Gasteiger partial charge in [-0.15, -0.1) is 0 Å². The van der Waals surface area contributed by atoms with Gasteiger partial charge in [0.15, 0.2) is 0 Å². The summed E-state index contributed by atoms with van der Waals surface area (Å²) in [6, 6.07) is 5.62. The van der Waals surface area contributed by atoms with Gasteiger partial charge in [0.1, 0.15) is 5.75 Å². The van der Waals surface area contributed by atoms with Crippen molar-refractivity contribution >= 4 is 11.6 Å². The fourth-order valence-corrected chi connectivity index (χ4v) is 2.61. The summed E-state index contributed by atoms with van der Waals surface area (Å²) in [5.41, 5.74) is 6.94. The second-order valence-electron chi connectivity index (χ2n) is 5.79. The lowest BCUT2D eigenvalue weighted by molar-refractivity contribution is 0.300. The van der Waals surface area contributed by atoms with Crippen LogP contribution in [0.25, 0.3) is 0 Å². The van der Waals surface area contributed by atoms with Crippen molar-refractivity contribution in [2.75, 3.05) is 6.61 Å². The zero-order valence-electron chi connectivity index (χ0n) is 13.5. The second kappa shape index (κ2) is 10.9. The Balaban J connectivity index is 2.18. The fraction of sp³-hybridized carbons (Fsp3) is 0.667. The highest BCUT2D eigenvalue weighted by molar-refractivity contribution is 6.30. The monoisotopic (exact) mass is 311 g/mol. The van der Waals surface area contributed by atoms with Crippen LogP contribution in [0.1, 0.15) is 76.8 Å². The molecule has 0 saturated carbocycles. The van der Waals surface area contributed by atoms with Crippen molar-refractivity contribution in [3.8, 4) is 5.75 Å². The molecule has 0 aliphatic heterocycles. The number of hydrogen-bond donors (Lipinski definition) is 1. The molecule has 0 aliphatic carbocycles. The van der Waals surface area contributed by atoms with E-state index >= 15 is 0 Å². The molecule has 0 heterocycles. The summed E-state index contributed by atoms with van der Waals surface area (Å²) in [6.07, 6.45) is 10.5. The van der Waals surface area contributed by atoms with E-state index in [2.05, 4.69) is 6.92 Å². The molecule has 3 heteroatoms. The summed E-state index contributed by atoms with van der Waals surface area (Å²) < 4.78 is 5.86. The molecule has 0 fully saturated rings. The molecule has 1 rings (SSSR count). The maximum atomic E-state index is 6.00. The molecular formula is C18H30ClNO. The number of ether oxygens (including phenoxy) is 1. The van der Waals surface area contributed by atoms with Crippen LogP contribution in [0.15, 0.2) is 18.2 Å². The summed E-state index contributed by atoms with van der Waals surface area (Å²) in [7, 11) is 0. The minimum absolute atomic E-state index is 0.0581. The predicted molar refractivity (Wildman–Crippen MR) is 92.2 cm³/mol. The van der Waals surface area contributed by atoms with Gasteiger partial charge in [-0.3, -0.25) is 0 Å². The zero-order chi connectivity index (χ0) is 15.5. The average molecular weight is 312 g/mol. The third-order valence-electron chi connectivity index (χ3n) is 3.72. The topological polar surface area (TPSA) is 35.2 Å². The lowest BCUT2D eigenvalue weighted by atomic mass is 10.1. The number of nitrogens with two attached hydrogens (primary N) is 1. The Morgan fingerprint density at radius 1 is 1.05 bits per heavy atom. The first kappa shape index (κ1) is 18.3. The van der Waals surface area contributed by atoms with E-state index in [0.29, 0.717) is 5.02 Å². The van der Waals surface area contributed by atoms with E-state index in [0.717, 1.165) is 24.3 Å². The standard InChI is InChI=1S/C18H30ClNO/c1-3-4-5-6-7-8-9-10-13-21-18-12-11-16(19)14-17(18)15(2)20/h11-12,14-15H,3-10,13,20H2,1-2H3/t15-/m0/s1. The van der Waals surface area contributed by atoms with Crippen LogP contribution in [0.5, 0.6) is 5.75 Å². The lowest BCUT2D eigenvalue weighted by Crippen LogP contribution is -2.08. The van der Waals surface area contributed by atoms with Crippen LogP contribution in [0, 0.1) is 0 Å². The van der Waals surface area contributed by atoms with Gasteiger partial charge in [0.25, 0.3) is 0 Å². The van der Waals surface area contributed by atoms with Gasteiger partial charge in [0.05, 0.1) is 6.61 Å². The first-order valence-corrected chi connectivity index (χ1v) is 8.70. The van der Waals surface area contributed by atoms with Crippen LogP contribution in [0.2, 0.25) is 5.02 Å². The van der Waals surface area contributed by atoms with E-state index in [1.807, 2.05) is 25.1 Å². The normalized spacial score (nSPS) is 12.4. The minimum atomic E-state index is -0.0581. The van der Waals surface area contributed by atoms with Crippen LogP contribution < -0.4 is 10.5 Å². The predicted octanol–water partition coefficient (Wildman–Crippen LogP) is 5.88. The van der Waals surface area contributed by atoms with E-state index in [4.69, 9.17) is 22.1 Å². The highest BCUT2D eigenvalue weighted by atomic mass is 35.5. The molecular weight excluding hydrogens is 282 g/mol. The molecule has 1 aromatic rings. The van der Waals surface area contributed by atoms with E-state index in [1.165, 1.54) is 44.9 Å². The highest BCUT2D eigenvalue weighted by Gasteiger charge is 2.08. The molecule has 1 aromatic carbocycles. The third-order valence-corrected chi connectivity index (χ3v) is 3.95. The highest BCUT2D eigenvalue weighted by Crippen LogP contribution is 2.27. The summed E-state index contributed by atoms with van der Waals surface area (Å²) in [5, 5.41) is 0.710. The van der Waals surface area contributed by atoms with E-state index in [9.17, 15) is 0 Å². The molecule has 1 atom stereocenters. The quantitative estimate of drug-likeness (QED) is 0.518. The van der Waals surface area contributed by atoms with Crippen molar-refractivity contribution in [3.05, 3.63) is 28.8 Å². The zero-order valence-corrected chi connectivity index (χ0v) is 14.3. The summed E-state index contributed by atoms with van der Waals surface area (Å²) in [4.78, 5) is 0. The Labute approximate surface area is 135 Å². The fourth-order valence-electron chi connectivity index (χ4n) is 2.42. The minimum Gasteiger partial charge on any atom is -0.493 e. The van der Waals surface area contributed by atoms with Crippen molar-refractivity contribution in [3.63, 3.8) is 0 Å². The Bertz CT molecular complexity index is 393. The molecule has 21 heavy (non-hydrogen) atoms. The van der Waals surface area contributed by atoms with Gasteiger partial charge in [-0.2, -0.15) is 0 Å². The van der Waals surface area contributed by atoms with E-state index in [1.54, 1.807) is 0 Å². The van der Waals surface area contributed by atoms with E-state index in [-0.39, 0.29) is 6.04 Å². The maximum absolute atomic E-state index is 6.00. The van der Waals surface area contributed by atoms with Gasteiger partial charge >= 0.3 is 0 Å². The van der Waals surface area contributed by atoms with Crippen molar-refractivity contribution in [2.24, 2.45) is 5.73 Å². The Morgan fingerprint density at radius 2 is 1.67 bits per heavy atom. The Morgan fingerprint density at radius 3 is 2.29 bits per heavy atom. The van der Waals surface area contributed by atoms with Crippen LogP contribution in [0.4, 0.5) is 0 Å². The van der Waals surface area contributed by atoms with Crippen LogP contribution in [-0.4, -0.2) is 6.61 Å². The van der Waals surface area contributed by atoms with Gasteiger partial charge in [-0.1, -0.05) is 63.5 Å². The van der Waals surface area contributed by atoms with Crippen LogP contribution >= 0.6 is 11.6 Å². The van der Waals surface area contributed by atoms with Gasteiger partial charge < -0.3 is 10.5 Å². The lowest BCUT2D eigenvalue weighted by Gasteiger charge is -2.14. The largest absolute Gasteiger partial charge is 0.493 e. The van der Waals surface area contributed by atoms with Crippen molar-refractivity contribution in [1.29, 1.82) is 0 Å². The first-order chi connectivity index (χ1) is 10.1. The van der Waals surface area contributed by atoms with Gasteiger partial charge in [0, 0.05) is 16.6 Å². The molecule has 0 unspecified atom stereocenters. The van der Waals surface area contributed by atoms with E-state index < -0.39 is 0 Å². The van der Waals surface area contributed by atoms with Gasteiger partial charge in [-0.25, -0.2) is 0 Å². The molecule has 0 amide bonds. The molecule has 0 spiro atoms. The number of halogens is 1. The summed E-state index contributed by atoms with van der Waals surface area (Å²) in [6.45, 7) is 4.97. The van der Waals surface area contributed by atoms with Crippen LogP contribution in [-0.2, 0) is 0 Å². The first-order valence-electron chi connectivity index (χ1n) is 8.33. The molecule has 2 nitrogen and oxygen atoms in total. The smallest absolute Gasteiger partial charge is 0.124 e. The average Bonchev–Trinajstić information content (AvgIpc) is 2.46. The van der Waals surface area contributed by atoms with Crippen molar-refractivity contribution in [2.45, 2.75) is 71.3 Å². The van der Waals surface area contributed by atoms with Gasteiger partial charge in [-0.05, 0) is 31.5 Å². The number of rotatable bonds is 11. The van der Waals surface area contributed by atoms with Crippen LogP contribution in [0.3, 0.4) is 0 Å². The molecule has 0 radical (unpaired) electrons. The van der Waals surface area contributed by atoms with Crippen molar-refractivity contribution in [1.82, 2.24) is 0 Å². The van der Waals surface area contributed by atoms with Gasteiger partial charge in [0.2, 0.25) is 0 Å². The molecule has 2 N–H and O–H groups in total. The number of unbranched alkanes of at least 4 members (excludes halogenated alkanes) is 7. The third kappa shape index (κ3) is 7.73. The SMILES string of the molecule is CCCCCCCCCCOc1ccc(Cl)cc1[C@H](C)N. The molecule has 120 valence electrons. The summed E-state index contributed by atoms with van der Waals surface area (Å²) >= 11 is 6.00. The molecule has 0 saturated heterocycles.